The molecule has 0 aromatic carbocycles. The van der Waals surface area contributed by atoms with Crippen molar-refractivity contribution in [2.45, 2.75) is 6.92 Å². The van der Waals surface area contributed by atoms with Crippen LogP contribution in [0.15, 0.2) is 0 Å². The van der Waals surface area contributed by atoms with E-state index in [2.05, 4.69) is 9.50 Å². The van der Waals surface area contributed by atoms with E-state index in [0.717, 1.165) is 11.7 Å². The molecule has 60 valence electrons. The molecule has 0 bridgehead atoms. The summed E-state index contributed by atoms with van der Waals surface area (Å²) in [6, 6.07) is 0. The maximum absolute atomic E-state index is 11.4. The fourth-order valence-electron chi connectivity index (χ4n) is 0.333. The van der Waals surface area contributed by atoms with Gasteiger partial charge in [-0.25, -0.2) is 4.20 Å². The summed E-state index contributed by atoms with van der Waals surface area (Å²) in [5.41, 5.74) is 0. The first kappa shape index (κ1) is 10.1. The molecule has 1 atom stereocenters. The van der Waals surface area contributed by atoms with Crippen LogP contribution in [-0.4, -0.2) is 19.1 Å². The number of nitrogens with one attached hydrogen (secondary N) is 1. The first-order valence-corrected chi connectivity index (χ1v) is 5.00. The fourth-order valence-corrected chi connectivity index (χ4v) is 0.928. The molecule has 6 heteroatoms. The third-order valence-electron chi connectivity index (χ3n) is 0.650. The first-order valence-electron chi connectivity index (χ1n) is 2.66. The van der Waals surface area contributed by atoms with Gasteiger partial charge in [0.25, 0.3) is 0 Å². The van der Waals surface area contributed by atoms with Gasteiger partial charge in [-0.05, 0) is 0 Å². The second kappa shape index (κ2) is 7.25. The van der Waals surface area contributed by atoms with E-state index in [-0.39, 0.29) is 5.91 Å². The SMILES string of the molecule is CC(=O)NCCOSPF. The molecule has 0 spiro atoms. The normalized spacial score (nSPS) is 10.6. The molecule has 0 rings (SSSR count). The minimum atomic E-state index is -0.755. The topological polar surface area (TPSA) is 38.3 Å². The highest BCUT2D eigenvalue weighted by Crippen LogP contribution is 2.30. The molecule has 0 aromatic rings. The van der Waals surface area contributed by atoms with Crippen molar-refractivity contribution in [3.63, 3.8) is 0 Å². The van der Waals surface area contributed by atoms with Crippen LogP contribution >= 0.6 is 19.8 Å². The average Bonchev–Trinajstić information content (AvgIpc) is 1.87. The zero-order valence-corrected chi connectivity index (χ0v) is 7.33. The Morgan fingerprint density at radius 2 is 2.60 bits per heavy atom. The van der Waals surface area contributed by atoms with Crippen LogP contribution in [0, 0.1) is 0 Å². The summed E-state index contributed by atoms with van der Waals surface area (Å²) in [4.78, 5) is 10.2. The lowest BCUT2D eigenvalue weighted by molar-refractivity contribution is -0.119. The van der Waals surface area contributed by atoms with Crippen molar-refractivity contribution in [3.05, 3.63) is 0 Å². The Kier molecular flexibility index (Phi) is 7.35. The van der Waals surface area contributed by atoms with Gasteiger partial charge in [-0.2, -0.15) is 0 Å². The van der Waals surface area contributed by atoms with Crippen LogP contribution < -0.4 is 5.32 Å². The van der Waals surface area contributed by atoms with E-state index in [4.69, 9.17) is 0 Å². The number of amides is 1. The van der Waals surface area contributed by atoms with E-state index in [0.29, 0.717) is 13.2 Å². The van der Waals surface area contributed by atoms with Crippen molar-refractivity contribution in [1.29, 1.82) is 0 Å². The third kappa shape index (κ3) is 8.14. The van der Waals surface area contributed by atoms with Gasteiger partial charge in [0.2, 0.25) is 5.91 Å². The Morgan fingerprint density at radius 3 is 3.10 bits per heavy atom. The molecule has 0 aliphatic carbocycles. The summed E-state index contributed by atoms with van der Waals surface area (Å²) < 4.78 is 16.0. The first-order chi connectivity index (χ1) is 4.77. The lowest BCUT2D eigenvalue weighted by Gasteiger charge is -1.99. The highest BCUT2D eigenvalue weighted by atomic mass is 32.7. The zero-order valence-electron chi connectivity index (χ0n) is 5.52. The maximum atomic E-state index is 11.4. The molecule has 0 fully saturated rings. The molecule has 10 heavy (non-hydrogen) atoms. The van der Waals surface area contributed by atoms with Crippen molar-refractivity contribution in [3.8, 4) is 0 Å². The van der Waals surface area contributed by atoms with Crippen molar-refractivity contribution in [1.82, 2.24) is 5.32 Å². The number of hydrogen-bond donors (Lipinski definition) is 1. The molecule has 0 aliphatic heterocycles. The van der Waals surface area contributed by atoms with E-state index in [1.165, 1.54) is 6.92 Å². The molecular weight excluding hydrogens is 176 g/mol. The Morgan fingerprint density at radius 1 is 1.90 bits per heavy atom. The number of carbonyl (C=O) groups excluding carboxylic acids is 1. The monoisotopic (exact) mass is 185 g/mol. The summed E-state index contributed by atoms with van der Waals surface area (Å²) >= 11 is 0.770. The van der Waals surface area contributed by atoms with Gasteiger partial charge < -0.3 is 9.50 Å². The predicted octanol–water partition coefficient (Wildman–Crippen LogP) is 1.27. The van der Waals surface area contributed by atoms with Crippen LogP contribution in [0.1, 0.15) is 6.92 Å². The molecule has 0 saturated carbocycles. The maximum Gasteiger partial charge on any atom is 0.216 e. The van der Waals surface area contributed by atoms with E-state index in [1.807, 2.05) is 0 Å². The van der Waals surface area contributed by atoms with Gasteiger partial charge in [-0.3, -0.25) is 4.79 Å². The Balaban J connectivity index is 2.84. The van der Waals surface area contributed by atoms with Crippen molar-refractivity contribution >= 4 is 25.7 Å². The van der Waals surface area contributed by atoms with Gasteiger partial charge in [0.1, 0.15) is 0 Å². The van der Waals surface area contributed by atoms with Crippen LogP contribution in [0.25, 0.3) is 0 Å². The number of carbonyl (C=O) groups is 1. The van der Waals surface area contributed by atoms with Gasteiger partial charge in [-0.15, -0.1) is 0 Å². The lowest BCUT2D eigenvalue weighted by Crippen LogP contribution is -2.23. The lowest BCUT2D eigenvalue weighted by atomic mass is 10.6. The molecule has 1 N–H and O–H groups in total. The zero-order chi connectivity index (χ0) is 7.82. The van der Waals surface area contributed by atoms with Gasteiger partial charge >= 0.3 is 0 Å². The van der Waals surface area contributed by atoms with E-state index in [9.17, 15) is 8.99 Å². The van der Waals surface area contributed by atoms with E-state index in [1.54, 1.807) is 0 Å². The van der Waals surface area contributed by atoms with Gasteiger partial charge in [0.05, 0.1) is 18.3 Å². The number of halogens is 1. The quantitative estimate of drug-likeness (QED) is 0.398. The van der Waals surface area contributed by atoms with Gasteiger partial charge in [-0.1, -0.05) is 0 Å². The molecule has 1 unspecified atom stereocenters. The van der Waals surface area contributed by atoms with E-state index < -0.39 is 8.09 Å². The Labute approximate surface area is 64.9 Å². The summed E-state index contributed by atoms with van der Waals surface area (Å²) in [6.45, 7) is 2.21. The van der Waals surface area contributed by atoms with E-state index >= 15 is 0 Å². The standard InChI is InChI=1S/C4H9FNO2PS/c1-4(7)6-2-3-8-10-9-5/h9H,2-3H2,1H3,(H,6,7). The minimum Gasteiger partial charge on any atom is -0.354 e. The highest BCUT2D eigenvalue weighted by molar-refractivity contribution is 8.45. The van der Waals surface area contributed by atoms with Crippen LogP contribution in [-0.2, 0) is 8.98 Å². The molecule has 0 saturated heterocycles. The fraction of sp³-hybridized carbons (Fsp3) is 0.750. The van der Waals surface area contributed by atoms with Crippen molar-refractivity contribution in [2.75, 3.05) is 13.2 Å². The number of rotatable bonds is 5. The number of hydrogen-bond acceptors (Lipinski definition) is 3. The van der Waals surface area contributed by atoms with Crippen LogP contribution in [0.5, 0.6) is 0 Å². The predicted molar refractivity (Wildman–Crippen MR) is 41.6 cm³/mol. The minimum absolute atomic E-state index is 0.101. The average molecular weight is 185 g/mol. The Hall–Kier alpha value is 0.140. The smallest absolute Gasteiger partial charge is 0.216 e. The molecule has 0 radical (unpaired) electrons. The molecule has 3 nitrogen and oxygen atoms in total. The van der Waals surface area contributed by atoms with Crippen LogP contribution in [0.2, 0.25) is 0 Å². The largest absolute Gasteiger partial charge is 0.354 e. The molecule has 0 aromatic heterocycles. The second-order valence-corrected chi connectivity index (χ2v) is 2.99. The highest BCUT2D eigenvalue weighted by Gasteiger charge is 1.90. The molecular formula is C4H9FNO2PS. The van der Waals surface area contributed by atoms with Crippen LogP contribution in [0.3, 0.4) is 0 Å². The third-order valence-corrected chi connectivity index (χ3v) is 1.54. The molecule has 0 aliphatic rings. The van der Waals surface area contributed by atoms with Gasteiger partial charge in [0.15, 0.2) is 8.09 Å². The van der Waals surface area contributed by atoms with Crippen molar-refractivity contribution in [2.24, 2.45) is 0 Å². The van der Waals surface area contributed by atoms with Crippen molar-refractivity contribution < 1.29 is 13.2 Å². The molecule has 1 amide bonds. The Bertz CT molecular complexity index is 105. The molecule has 0 heterocycles. The van der Waals surface area contributed by atoms with Gasteiger partial charge in [0, 0.05) is 13.5 Å². The summed E-state index contributed by atoms with van der Waals surface area (Å²) in [6.07, 6.45) is 0. The second-order valence-electron chi connectivity index (χ2n) is 1.47. The van der Waals surface area contributed by atoms with Crippen LogP contribution in [0.4, 0.5) is 4.20 Å². The summed E-state index contributed by atoms with van der Waals surface area (Å²) in [7, 11) is -0.755. The summed E-state index contributed by atoms with van der Waals surface area (Å²) in [5.74, 6) is -0.101. The summed E-state index contributed by atoms with van der Waals surface area (Å²) in [5, 5.41) is 2.51.